The van der Waals surface area contributed by atoms with Gasteiger partial charge in [0.1, 0.15) is 11.5 Å². The van der Waals surface area contributed by atoms with Gasteiger partial charge in [0.2, 0.25) is 0 Å². The number of anilines is 1. The summed E-state index contributed by atoms with van der Waals surface area (Å²) in [6.07, 6.45) is 0. The van der Waals surface area contributed by atoms with Gasteiger partial charge in [0.15, 0.2) is 0 Å². The lowest BCUT2D eigenvalue weighted by molar-refractivity contribution is -0.383. The van der Waals surface area contributed by atoms with Crippen LogP contribution in [0.3, 0.4) is 0 Å². The molecule has 2 aromatic carbocycles. The maximum atomic E-state index is 14.8. The van der Waals surface area contributed by atoms with Crippen molar-refractivity contribution < 1.29 is 18.6 Å². The molecule has 1 aliphatic rings. The van der Waals surface area contributed by atoms with Crippen LogP contribution in [0.5, 0.6) is 0 Å². The Kier molecular flexibility index (Phi) is 4.97. The van der Waals surface area contributed by atoms with Crippen molar-refractivity contribution in [2.45, 2.75) is 45.4 Å². The van der Waals surface area contributed by atoms with Gasteiger partial charge < -0.3 is 14.6 Å². The van der Waals surface area contributed by atoms with E-state index >= 15 is 0 Å². The third kappa shape index (κ3) is 3.82. The zero-order chi connectivity index (χ0) is 19.8. The summed E-state index contributed by atoms with van der Waals surface area (Å²) in [5.74, 6) is -0.616. The van der Waals surface area contributed by atoms with Crippen LogP contribution in [0.2, 0.25) is 0 Å². The normalized spacial score (nSPS) is 17.7. The molecule has 27 heavy (non-hydrogen) atoms. The predicted octanol–water partition coefficient (Wildman–Crippen LogP) is 3.65. The molecule has 1 saturated heterocycles. The monoisotopic (exact) mass is 372 g/mol. The Labute approximate surface area is 158 Å². The molecule has 8 heteroatoms. The number of rotatable bonds is 5. The van der Waals surface area contributed by atoms with E-state index in [-0.39, 0.29) is 16.8 Å². The fourth-order valence-electron chi connectivity index (χ4n) is 2.81. The van der Waals surface area contributed by atoms with Gasteiger partial charge in [-0.25, -0.2) is 4.39 Å². The molecular weight excluding hydrogens is 350 g/mol. The zero-order valence-electron chi connectivity index (χ0n) is 15.8. The molecular formula is C19H22BFN2O4. The van der Waals surface area contributed by atoms with Gasteiger partial charge in [0.25, 0.3) is 5.69 Å². The standard InChI is InChI=1S/C19H22BFN2O4/c1-18(2)19(3,4)27-20(26-18)14-10-17(23(24)25)16(11-15(14)21)22-12-13-8-6-5-7-9-13/h5-11,22H,12H2,1-4H3. The SMILES string of the molecule is CC1(C)OB(c2cc([N+](=O)[O-])c(NCc3ccccc3)cc2F)OC1(C)C. The molecule has 0 radical (unpaired) electrons. The van der Waals surface area contributed by atoms with Gasteiger partial charge >= 0.3 is 7.12 Å². The third-order valence-corrected chi connectivity index (χ3v) is 5.14. The van der Waals surface area contributed by atoms with E-state index in [1.54, 1.807) is 0 Å². The molecule has 2 aromatic rings. The summed E-state index contributed by atoms with van der Waals surface area (Å²) in [6, 6.07) is 11.7. The number of hydrogen-bond acceptors (Lipinski definition) is 5. The lowest BCUT2D eigenvalue weighted by Gasteiger charge is -2.32. The molecule has 142 valence electrons. The van der Waals surface area contributed by atoms with Crippen molar-refractivity contribution in [3.8, 4) is 0 Å². The highest BCUT2D eigenvalue weighted by atomic mass is 19.1. The Bertz CT molecular complexity index is 842. The van der Waals surface area contributed by atoms with Crippen molar-refractivity contribution in [1.82, 2.24) is 0 Å². The van der Waals surface area contributed by atoms with E-state index in [1.807, 2.05) is 58.0 Å². The summed E-state index contributed by atoms with van der Waals surface area (Å²) in [6.45, 7) is 7.71. The Hall–Kier alpha value is -2.45. The number of nitrogens with zero attached hydrogens (tertiary/aromatic N) is 1. The second kappa shape index (κ2) is 6.94. The van der Waals surface area contributed by atoms with E-state index < -0.39 is 29.1 Å². The van der Waals surface area contributed by atoms with Crippen LogP contribution >= 0.6 is 0 Å². The number of hydrogen-bond donors (Lipinski definition) is 1. The average Bonchev–Trinajstić information content (AvgIpc) is 2.81. The first-order valence-corrected chi connectivity index (χ1v) is 8.72. The smallest absolute Gasteiger partial charge is 0.399 e. The van der Waals surface area contributed by atoms with Crippen LogP contribution in [-0.2, 0) is 15.9 Å². The molecule has 1 aliphatic heterocycles. The predicted molar refractivity (Wildman–Crippen MR) is 103 cm³/mol. The highest BCUT2D eigenvalue weighted by Gasteiger charge is 2.52. The first-order valence-electron chi connectivity index (χ1n) is 8.72. The van der Waals surface area contributed by atoms with Crippen LogP contribution in [0.1, 0.15) is 33.3 Å². The van der Waals surface area contributed by atoms with Gasteiger partial charge in [0, 0.05) is 24.1 Å². The van der Waals surface area contributed by atoms with Gasteiger partial charge in [-0.2, -0.15) is 0 Å². The molecule has 3 rings (SSSR count). The number of nitro groups is 1. The lowest BCUT2D eigenvalue weighted by Crippen LogP contribution is -2.41. The topological polar surface area (TPSA) is 73.6 Å². The van der Waals surface area contributed by atoms with Crippen LogP contribution in [0.25, 0.3) is 0 Å². The van der Waals surface area contributed by atoms with Gasteiger partial charge in [-0.15, -0.1) is 0 Å². The minimum Gasteiger partial charge on any atom is -0.399 e. The average molecular weight is 372 g/mol. The highest BCUT2D eigenvalue weighted by Crippen LogP contribution is 2.37. The number of nitrogens with one attached hydrogen (secondary N) is 1. The summed E-state index contributed by atoms with van der Waals surface area (Å²) in [7, 11) is -1.00. The summed E-state index contributed by atoms with van der Waals surface area (Å²) >= 11 is 0. The largest absolute Gasteiger partial charge is 0.498 e. The van der Waals surface area contributed by atoms with Crippen LogP contribution in [0.4, 0.5) is 15.8 Å². The summed E-state index contributed by atoms with van der Waals surface area (Å²) in [4.78, 5) is 11.0. The van der Waals surface area contributed by atoms with Gasteiger partial charge in [-0.1, -0.05) is 30.3 Å². The van der Waals surface area contributed by atoms with Crippen molar-refractivity contribution in [3.05, 3.63) is 64.0 Å². The van der Waals surface area contributed by atoms with Crippen LogP contribution in [0.15, 0.2) is 42.5 Å². The summed E-state index contributed by atoms with van der Waals surface area (Å²) < 4.78 is 26.4. The molecule has 0 aliphatic carbocycles. The first-order chi connectivity index (χ1) is 12.6. The fourth-order valence-corrected chi connectivity index (χ4v) is 2.81. The van der Waals surface area contributed by atoms with Gasteiger partial charge in [-0.05, 0) is 33.3 Å². The number of nitro benzene ring substituents is 1. The molecule has 0 bridgehead atoms. The number of halogens is 1. The molecule has 0 aromatic heterocycles. The van der Waals surface area contributed by atoms with Crippen molar-refractivity contribution in [1.29, 1.82) is 0 Å². The second-order valence-corrected chi connectivity index (χ2v) is 7.58. The minimum atomic E-state index is -1.00. The summed E-state index contributed by atoms with van der Waals surface area (Å²) in [5.41, 5.74) is -0.488. The van der Waals surface area contributed by atoms with Crippen molar-refractivity contribution in [3.63, 3.8) is 0 Å². The van der Waals surface area contributed by atoms with E-state index in [2.05, 4.69) is 5.32 Å². The zero-order valence-corrected chi connectivity index (χ0v) is 15.8. The first kappa shape index (κ1) is 19.3. The lowest BCUT2D eigenvalue weighted by atomic mass is 9.78. The van der Waals surface area contributed by atoms with Crippen LogP contribution in [-0.4, -0.2) is 23.2 Å². The van der Waals surface area contributed by atoms with Gasteiger partial charge in [0.05, 0.1) is 16.1 Å². The molecule has 0 amide bonds. The van der Waals surface area contributed by atoms with Crippen molar-refractivity contribution >= 4 is 24.0 Å². The van der Waals surface area contributed by atoms with E-state index in [0.717, 1.165) is 11.6 Å². The van der Waals surface area contributed by atoms with E-state index in [4.69, 9.17) is 9.31 Å². The maximum absolute atomic E-state index is 14.8. The minimum absolute atomic E-state index is 0.0191. The molecule has 0 saturated carbocycles. The van der Waals surface area contributed by atoms with E-state index in [0.29, 0.717) is 6.54 Å². The number of benzene rings is 2. The molecule has 0 unspecified atom stereocenters. The molecule has 0 spiro atoms. The molecule has 1 heterocycles. The maximum Gasteiger partial charge on any atom is 0.498 e. The van der Waals surface area contributed by atoms with Crippen LogP contribution in [0, 0.1) is 15.9 Å². The Morgan fingerprint density at radius 2 is 1.70 bits per heavy atom. The Balaban J connectivity index is 1.90. The molecule has 6 nitrogen and oxygen atoms in total. The Morgan fingerprint density at radius 1 is 1.11 bits per heavy atom. The second-order valence-electron chi connectivity index (χ2n) is 7.58. The molecule has 1 N–H and O–H groups in total. The Morgan fingerprint density at radius 3 is 2.26 bits per heavy atom. The third-order valence-electron chi connectivity index (χ3n) is 5.14. The van der Waals surface area contributed by atoms with Crippen molar-refractivity contribution in [2.24, 2.45) is 0 Å². The van der Waals surface area contributed by atoms with Crippen LogP contribution < -0.4 is 10.8 Å². The fraction of sp³-hybridized carbons (Fsp3) is 0.368. The molecule has 1 fully saturated rings. The van der Waals surface area contributed by atoms with Gasteiger partial charge in [-0.3, -0.25) is 10.1 Å². The molecule has 0 atom stereocenters. The van der Waals surface area contributed by atoms with E-state index in [1.165, 1.54) is 6.07 Å². The quantitative estimate of drug-likeness (QED) is 0.493. The highest BCUT2D eigenvalue weighted by molar-refractivity contribution is 6.62. The van der Waals surface area contributed by atoms with E-state index in [9.17, 15) is 14.5 Å². The summed E-state index contributed by atoms with van der Waals surface area (Å²) in [5, 5.41) is 14.5. The van der Waals surface area contributed by atoms with Crippen molar-refractivity contribution in [2.75, 3.05) is 5.32 Å².